The van der Waals surface area contributed by atoms with Crippen LogP contribution in [0.15, 0.2) is 30.3 Å². The van der Waals surface area contributed by atoms with Gasteiger partial charge in [0.2, 0.25) is 0 Å². The molecule has 1 aliphatic rings. The molecule has 1 aliphatic heterocycles. The molecule has 0 N–H and O–H groups in total. The van der Waals surface area contributed by atoms with Crippen molar-refractivity contribution in [3.63, 3.8) is 0 Å². The Balaban J connectivity index is 1.77. The Morgan fingerprint density at radius 1 is 0.913 bits per heavy atom. The zero-order valence-corrected chi connectivity index (χ0v) is 13.7. The predicted octanol–water partition coefficient (Wildman–Crippen LogP) is 5.10. The molecule has 2 aromatic rings. The summed E-state index contributed by atoms with van der Waals surface area (Å²) >= 11 is 1.33. The van der Waals surface area contributed by atoms with Crippen LogP contribution in [-0.4, -0.2) is 23.9 Å². The van der Waals surface area contributed by atoms with Gasteiger partial charge in [-0.25, -0.2) is 8.78 Å². The molecule has 1 aromatic heterocycles. The van der Waals surface area contributed by atoms with Gasteiger partial charge in [-0.1, -0.05) is 25.3 Å². The number of likely N-dealkylation sites (tertiary alicyclic amines) is 1. The summed E-state index contributed by atoms with van der Waals surface area (Å²) in [5.74, 6) is -1.68. The molecule has 1 saturated heterocycles. The van der Waals surface area contributed by atoms with E-state index in [-0.39, 0.29) is 5.91 Å². The molecule has 23 heavy (non-hydrogen) atoms. The van der Waals surface area contributed by atoms with Crippen LogP contribution in [0.2, 0.25) is 0 Å². The molecule has 3 rings (SSSR count). The summed E-state index contributed by atoms with van der Waals surface area (Å²) in [5, 5.41) is 0. The molecule has 1 aromatic carbocycles. The number of benzene rings is 1. The number of hydrogen-bond acceptors (Lipinski definition) is 2. The second-order valence-corrected chi connectivity index (χ2v) is 6.94. The molecule has 0 spiro atoms. The molecule has 1 amide bonds. The summed E-state index contributed by atoms with van der Waals surface area (Å²) in [7, 11) is 0. The fourth-order valence-corrected chi connectivity index (χ4v) is 3.83. The average Bonchev–Trinajstić information content (AvgIpc) is 2.99. The van der Waals surface area contributed by atoms with E-state index < -0.39 is 11.6 Å². The van der Waals surface area contributed by atoms with E-state index in [0.717, 1.165) is 36.9 Å². The van der Waals surface area contributed by atoms with Gasteiger partial charge in [-0.3, -0.25) is 4.79 Å². The molecule has 0 saturated carbocycles. The molecule has 122 valence electrons. The largest absolute Gasteiger partial charge is 0.338 e. The Kier molecular flexibility index (Phi) is 5.06. The zero-order valence-electron chi connectivity index (χ0n) is 12.9. The zero-order chi connectivity index (χ0) is 16.2. The van der Waals surface area contributed by atoms with E-state index in [1.807, 2.05) is 4.90 Å². The van der Waals surface area contributed by atoms with Gasteiger partial charge in [0.15, 0.2) is 11.6 Å². The van der Waals surface area contributed by atoms with Gasteiger partial charge in [0.05, 0.1) is 4.88 Å². The van der Waals surface area contributed by atoms with Crippen LogP contribution in [0.5, 0.6) is 0 Å². The molecule has 0 radical (unpaired) electrons. The number of hydrogen-bond donors (Lipinski definition) is 0. The summed E-state index contributed by atoms with van der Waals surface area (Å²) in [5.41, 5.74) is 0.598. The van der Waals surface area contributed by atoms with E-state index >= 15 is 0 Å². The van der Waals surface area contributed by atoms with Crippen LogP contribution in [0.25, 0.3) is 10.4 Å². The number of halogens is 2. The SMILES string of the molecule is O=C(c1ccc(-c2ccc(F)c(F)c2)s1)N1CCCCCCC1. The third-order valence-electron chi connectivity index (χ3n) is 4.16. The maximum Gasteiger partial charge on any atom is 0.263 e. The highest BCUT2D eigenvalue weighted by molar-refractivity contribution is 7.17. The number of thiophene rings is 1. The number of carbonyl (C=O) groups excluding carboxylic acids is 1. The van der Waals surface area contributed by atoms with Crippen molar-refractivity contribution in [1.82, 2.24) is 4.90 Å². The van der Waals surface area contributed by atoms with Crippen molar-refractivity contribution < 1.29 is 13.6 Å². The van der Waals surface area contributed by atoms with Crippen molar-refractivity contribution in [2.45, 2.75) is 32.1 Å². The third kappa shape index (κ3) is 3.78. The Bertz CT molecular complexity index is 690. The molecule has 0 unspecified atom stereocenters. The summed E-state index contributed by atoms with van der Waals surface area (Å²) in [6.45, 7) is 1.61. The minimum absolute atomic E-state index is 0.0470. The number of amides is 1. The van der Waals surface area contributed by atoms with E-state index in [0.29, 0.717) is 10.4 Å². The molecular formula is C18H19F2NOS. The molecule has 0 aliphatic carbocycles. The monoisotopic (exact) mass is 335 g/mol. The molecule has 2 nitrogen and oxygen atoms in total. The third-order valence-corrected chi connectivity index (χ3v) is 5.29. The standard InChI is InChI=1S/C18H19F2NOS/c19-14-7-6-13(12-15(14)20)16-8-9-17(23-16)18(22)21-10-4-2-1-3-5-11-21/h6-9,12H,1-5,10-11H2. The van der Waals surface area contributed by atoms with Crippen molar-refractivity contribution >= 4 is 17.2 Å². The van der Waals surface area contributed by atoms with E-state index in [4.69, 9.17) is 0 Å². The van der Waals surface area contributed by atoms with Gasteiger partial charge in [0.25, 0.3) is 5.91 Å². The normalized spacial score (nSPS) is 16.0. The van der Waals surface area contributed by atoms with Crippen LogP contribution < -0.4 is 0 Å². The van der Waals surface area contributed by atoms with Crippen molar-refractivity contribution in [1.29, 1.82) is 0 Å². The lowest BCUT2D eigenvalue weighted by Crippen LogP contribution is -2.33. The lowest BCUT2D eigenvalue weighted by atomic mass is 10.1. The average molecular weight is 335 g/mol. The van der Waals surface area contributed by atoms with Crippen molar-refractivity contribution in [3.05, 3.63) is 46.8 Å². The Hall–Kier alpha value is -1.75. The van der Waals surface area contributed by atoms with Crippen LogP contribution in [0.4, 0.5) is 8.78 Å². The highest BCUT2D eigenvalue weighted by Crippen LogP contribution is 2.30. The van der Waals surface area contributed by atoms with Gasteiger partial charge in [-0.05, 0) is 42.7 Å². The quantitative estimate of drug-likeness (QED) is 0.748. The first-order valence-electron chi connectivity index (χ1n) is 8.00. The minimum Gasteiger partial charge on any atom is -0.338 e. The maximum atomic E-state index is 13.4. The van der Waals surface area contributed by atoms with Crippen LogP contribution in [0.3, 0.4) is 0 Å². The van der Waals surface area contributed by atoms with Crippen LogP contribution in [0.1, 0.15) is 41.8 Å². The number of nitrogens with zero attached hydrogens (tertiary/aromatic N) is 1. The van der Waals surface area contributed by atoms with Crippen LogP contribution >= 0.6 is 11.3 Å². The molecular weight excluding hydrogens is 316 g/mol. The number of rotatable bonds is 2. The smallest absolute Gasteiger partial charge is 0.263 e. The van der Waals surface area contributed by atoms with Gasteiger partial charge >= 0.3 is 0 Å². The van der Waals surface area contributed by atoms with E-state index in [9.17, 15) is 13.6 Å². The number of carbonyl (C=O) groups is 1. The van der Waals surface area contributed by atoms with Crippen molar-refractivity contribution in [2.75, 3.05) is 13.1 Å². The molecule has 0 atom stereocenters. The Labute approximate surface area is 138 Å². The van der Waals surface area contributed by atoms with Gasteiger partial charge in [-0.2, -0.15) is 0 Å². The summed E-state index contributed by atoms with van der Waals surface area (Å²) in [6, 6.07) is 7.40. The summed E-state index contributed by atoms with van der Waals surface area (Å²) < 4.78 is 26.4. The molecule has 5 heteroatoms. The topological polar surface area (TPSA) is 20.3 Å². The highest BCUT2D eigenvalue weighted by Gasteiger charge is 2.19. The summed E-state index contributed by atoms with van der Waals surface area (Å²) in [6.07, 6.45) is 5.70. The first kappa shape index (κ1) is 16.1. The van der Waals surface area contributed by atoms with E-state index in [2.05, 4.69) is 0 Å². The van der Waals surface area contributed by atoms with Crippen LogP contribution in [0, 0.1) is 11.6 Å². The van der Waals surface area contributed by atoms with E-state index in [1.165, 1.54) is 42.7 Å². The summed E-state index contributed by atoms with van der Waals surface area (Å²) in [4.78, 5) is 16.0. The Morgan fingerprint density at radius 3 is 2.30 bits per heavy atom. The maximum absolute atomic E-state index is 13.4. The second-order valence-electron chi connectivity index (χ2n) is 5.85. The van der Waals surface area contributed by atoms with Gasteiger partial charge < -0.3 is 4.90 Å². The highest BCUT2D eigenvalue weighted by atomic mass is 32.1. The second kappa shape index (κ2) is 7.21. The lowest BCUT2D eigenvalue weighted by molar-refractivity contribution is 0.0747. The van der Waals surface area contributed by atoms with Gasteiger partial charge in [0, 0.05) is 18.0 Å². The minimum atomic E-state index is -0.868. The lowest BCUT2D eigenvalue weighted by Gasteiger charge is -2.24. The van der Waals surface area contributed by atoms with Crippen molar-refractivity contribution in [2.24, 2.45) is 0 Å². The molecule has 1 fully saturated rings. The van der Waals surface area contributed by atoms with Gasteiger partial charge in [0.1, 0.15) is 0 Å². The first-order chi connectivity index (χ1) is 11.1. The van der Waals surface area contributed by atoms with Crippen molar-refractivity contribution in [3.8, 4) is 10.4 Å². The molecule has 0 bridgehead atoms. The fourth-order valence-electron chi connectivity index (χ4n) is 2.86. The first-order valence-corrected chi connectivity index (χ1v) is 8.81. The van der Waals surface area contributed by atoms with Crippen LogP contribution in [-0.2, 0) is 0 Å². The van der Waals surface area contributed by atoms with E-state index in [1.54, 1.807) is 12.1 Å². The molecule has 2 heterocycles. The Morgan fingerprint density at radius 2 is 1.61 bits per heavy atom. The fraction of sp³-hybridized carbons (Fsp3) is 0.389. The predicted molar refractivity (Wildman–Crippen MR) is 88.7 cm³/mol. The van der Waals surface area contributed by atoms with Gasteiger partial charge in [-0.15, -0.1) is 11.3 Å².